The zero-order chi connectivity index (χ0) is 13.3. The van der Waals surface area contributed by atoms with E-state index >= 15 is 0 Å². The van der Waals surface area contributed by atoms with Gasteiger partial charge in [0, 0.05) is 17.9 Å². The predicted molar refractivity (Wildman–Crippen MR) is 75.9 cm³/mol. The normalized spacial score (nSPS) is 27.4. The van der Waals surface area contributed by atoms with Gasteiger partial charge >= 0.3 is 0 Å². The summed E-state index contributed by atoms with van der Waals surface area (Å²) in [5.74, 6) is 1.58. The fourth-order valence-corrected chi connectivity index (χ4v) is 2.39. The standard InChI is InChI=1S/C16H25NO/c1-5-11(2)12-6-8-13(9-7-12)18-15-10-14(17)16(15,3)4/h6-9,11,14-15H,5,10,17H2,1-4H3. The van der Waals surface area contributed by atoms with Crippen LogP contribution < -0.4 is 10.5 Å². The SMILES string of the molecule is CCC(C)c1ccc(OC2CC(N)C2(C)C)cc1. The van der Waals surface area contributed by atoms with Gasteiger partial charge in [-0.3, -0.25) is 0 Å². The Kier molecular flexibility index (Phi) is 3.67. The minimum absolute atomic E-state index is 0.0926. The lowest BCUT2D eigenvalue weighted by Crippen LogP contribution is -2.60. The van der Waals surface area contributed by atoms with Gasteiger partial charge in [0.2, 0.25) is 0 Å². The van der Waals surface area contributed by atoms with Crippen LogP contribution in [-0.4, -0.2) is 12.1 Å². The Hall–Kier alpha value is -1.02. The molecule has 2 N–H and O–H groups in total. The van der Waals surface area contributed by atoms with Crippen LogP contribution in [0.2, 0.25) is 0 Å². The predicted octanol–water partition coefficient (Wildman–Crippen LogP) is 3.70. The summed E-state index contributed by atoms with van der Waals surface area (Å²) in [6.07, 6.45) is 2.38. The summed E-state index contributed by atoms with van der Waals surface area (Å²) in [6, 6.07) is 8.79. The molecule has 2 nitrogen and oxygen atoms in total. The molecule has 1 aromatic carbocycles. The molecule has 0 heterocycles. The fourth-order valence-electron chi connectivity index (χ4n) is 2.39. The van der Waals surface area contributed by atoms with E-state index in [2.05, 4.69) is 52.0 Å². The molecule has 0 aliphatic heterocycles. The van der Waals surface area contributed by atoms with Crippen molar-refractivity contribution in [1.82, 2.24) is 0 Å². The highest BCUT2D eigenvalue weighted by molar-refractivity contribution is 5.29. The Labute approximate surface area is 111 Å². The first-order valence-corrected chi connectivity index (χ1v) is 6.97. The van der Waals surface area contributed by atoms with Crippen LogP contribution in [0, 0.1) is 5.41 Å². The van der Waals surface area contributed by atoms with E-state index in [1.807, 2.05) is 0 Å². The van der Waals surface area contributed by atoms with Crippen molar-refractivity contribution in [1.29, 1.82) is 0 Å². The number of nitrogens with two attached hydrogens (primary N) is 1. The highest BCUT2D eigenvalue weighted by atomic mass is 16.5. The minimum atomic E-state index is 0.0926. The molecule has 3 unspecified atom stereocenters. The van der Waals surface area contributed by atoms with Crippen molar-refractivity contribution < 1.29 is 4.74 Å². The van der Waals surface area contributed by atoms with Gasteiger partial charge in [0.25, 0.3) is 0 Å². The third kappa shape index (κ3) is 2.39. The first-order chi connectivity index (χ1) is 8.45. The van der Waals surface area contributed by atoms with Crippen LogP contribution in [0.25, 0.3) is 0 Å². The zero-order valence-corrected chi connectivity index (χ0v) is 11.9. The molecule has 0 saturated heterocycles. The van der Waals surface area contributed by atoms with Gasteiger partial charge in [-0.1, -0.05) is 39.8 Å². The molecule has 1 aliphatic rings. The third-order valence-electron chi connectivity index (χ3n) is 4.59. The van der Waals surface area contributed by atoms with Gasteiger partial charge in [0.1, 0.15) is 11.9 Å². The Morgan fingerprint density at radius 1 is 1.33 bits per heavy atom. The first kappa shape index (κ1) is 13.4. The summed E-state index contributed by atoms with van der Waals surface area (Å²) in [7, 11) is 0. The lowest BCUT2D eigenvalue weighted by molar-refractivity contribution is -0.0399. The largest absolute Gasteiger partial charge is 0.490 e. The monoisotopic (exact) mass is 247 g/mol. The average molecular weight is 247 g/mol. The molecule has 0 bridgehead atoms. The molecular formula is C16H25NO. The van der Waals surface area contributed by atoms with Crippen LogP contribution >= 0.6 is 0 Å². The molecule has 0 spiro atoms. The lowest BCUT2D eigenvalue weighted by atomic mass is 9.65. The summed E-state index contributed by atoms with van der Waals surface area (Å²) in [4.78, 5) is 0. The highest BCUT2D eigenvalue weighted by Crippen LogP contribution is 2.41. The van der Waals surface area contributed by atoms with Crippen LogP contribution in [0.15, 0.2) is 24.3 Å². The minimum Gasteiger partial charge on any atom is -0.490 e. The van der Waals surface area contributed by atoms with Gasteiger partial charge in [-0.05, 0) is 30.0 Å². The second-order valence-electron chi connectivity index (χ2n) is 6.15. The fraction of sp³-hybridized carbons (Fsp3) is 0.625. The molecule has 3 atom stereocenters. The molecule has 100 valence electrons. The van der Waals surface area contributed by atoms with Gasteiger partial charge < -0.3 is 10.5 Å². The van der Waals surface area contributed by atoms with Crippen LogP contribution in [0.5, 0.6) is 5.75 Å². The lowest BCUT2D eigenvalue weighted by Gasteiger charge is -2.49. The number of hydrogen-bond acceptors (Lipinski definition) is 2. The van der Waals surface area contributed by atoms with Crippen LogP contribution in [0.3, 0.4) is 0 Å². The van der Waals surface area contributed by atoms with Gasteiger partial charge in [-0.2, -0.15) is 0 Å². The maximum Gasteiger partial charge on any atom is 0.119 e. The van der Waals surface area contributed by atoms with E-state index in [1.54, 1.807) is 0 Å². The van der Waals surface area contributed by atoms with Crippen LogP contribution in [-0.2, 0) is 0 Å². The molecule has 0 radical (unpaired) electrons. The van der Waals surface area contributed by atoms with E-state index in [-0.39, 0.29) is 17.6 Å². The van der Waals surface area contributed by atoms with Crippen molar-refractivity contribution in [2.45, 2.75) is 58.6 Å². The molecule has 0 aromatic heterocycles. The molecular weight excluding hydrogens is 222 g/mol. The Bertz CT molecular complexity index is 396. The van der Waals surface area contributed by atoms with Crippen molar-refractivity contribution in [2.24, 2.45) is 11.1 Å². The quantitative estimate of drug-likeness (QED) is 0.880. The van der Waals surface area contributed by atoms with E-state index in [0.29, 0.717) is 5.92 Å². The van der Waals surface area contributed by atoms with Crippen molar-refractivity contribution in [2.75, 3.05) is 0 Å². The molecule has 1 saturated carbocycles. The molecule has 1 aliphatic carbocycles. The number of rotatable bonds is 4. The molecule has 18 heavy (non-hydrogen) atoms. The second-order valence-corrected chi connectivity index (χ2v) is 6.15. The first-order valence-electron chi connectivity index (χ1n) is 6.97. The van der Waals surface area contributed by atoms with Crippen molar-refractivity contribution in [3.8, 4) is 5.75 Å². The number of ether oxygens (including phenoxy) is 1. The maximum absolute atomic E-state index is 6.02. The molecule has 2 rings (SSSR count). The van der Waals surface area contributed by atoms with E-state index < -0.39 is 0 Å². The summed E-state index contributed by atoms with van der Waals surface area (Å²) < 4.78 is 6.02. The van der Waals surface area contributed by atoms with Crippen LogP contribution in [0.1, 0.15) is 52.0 Å². The number of benzene rings is 1. The van der Waals surface area contributed by atoms with Gasteiger partial charge in [0.15, 0.2) is 0 Å². The average Bonchev–Trinajstić information content (AvgIpc) is 2.38. The molecule has 2 heteroatoms. The third-order valence-corrected chi connectivity index (χ3v) is 4.59. The topological polar surface area (TPSA) is 35.2 Å². The summed E-state index contributed by atoms with van der Waals surface area (Å²) >= 11 is 0. The molecule has 1 fully saturated rings. The van der Waals surface area contributed by atoms with Crippen molar-refractivity contribution in [3.63, 3.8) is 0 Å². The van der Waals surface area contributed by atoms with Gasteiger partial charge in [-0.25, -0.2) is 0 Å². The second kappa shape index (κ2) is 4.93. The van der Waals surface area contributed by atoms with Crippen LogP contribution in [0.4, 0.5) is 0 Å². The van der Waals surface area contributed by atoms with E-state index in [4.69, 9.17) is 10.5 Å². The van der Waals surface area contributed by atoms with Gasteiger partial charge in [0.05, 0.1) is 0 Å². The Morgan fingerprint density at radius 2 is 1.94 bits per heavy atom. The smallest absolute Gasteiger partial charge is 0.119 e. The summed E-state index contributed by atoms with van der Waals surface area (Å²) in [5, 5.41) is 0. The molecule has 0 amide bonds. The van der Waals surface area contributed by atoms with E-state index in [0.717, 1.165) is 12.2 Å². The van der Waals surface area contributed by atoms with Crippen molar-refractivity contribution >= 4 is 0 Å². The summed E-state index contributed by atoms with van der Waals surface area (Å²) in [6.45, 7) is 8.83. The van der Waals surface area contributed by atoms with Crippen molar-refractivity contribution in [3.05, 3.63) is 29.8 Å². The Balaban J connectivity index is 1.99. The van der Waals surface area contributed by atoms with E-state index in [9.17, 15) is 0 Å². The maximum atomic E-state index is 6.02. The summed E-state index contributed by atoms with van der Waals surface area (Å²) in [5.41, 5.74) is 7.48. The van der Waals surface area contributed by atoms with E-state index in [1.165, 1.54) is 12.0 Å². The zero-order valence-electron chi connectivity index (χ0n) is 11.9. The number of hydrogen-bond donors (Lipinski definition) is 1. The highest BCUT2D eigenvalue weighted by Gasteiger charge is 2.47. The Morgan fingerprint density at radius 3 is 2.39 bits per heavy atom. The molecule has 1 aromatic rings. The van der Waals surface area contributed by atoms with Gasteiger partial charge in [-0.15, -0.1) is 0 Å².